The van der Waals surface area contributed by atoms with Crippen LogP contribution >= 0.6 is 0 Å². The third-order valence-corrected chi connectivity index (χ3v) is 7.87. The maximum Gasteiger partial charge on any atom is 0.249 e. The Balaban J connectivity index is 1.71. The summed E-state index contributed by atoms with van der Waals surface area (Å²) in [6.45, 7) is 6.07. The van der Waals surface area contributed by atoms with E-state index < -0.39 is 9.84 Å². The predicted octanol–water partition coefficient (Wildman–Crippen LogP) is 3.52. The van der Waals surface area contributed by atoms with E-state index >= 15 is 0 Å². The van der Waals surface area contributed by atoms with Gasteiger partial charge < -0.3 is 9.80 Å². The van der Waals surface area contributed by atoms with E-state index in [1.807, 2.05) is 25.7 Å². The smallest absolute Gasteiger partial charge is 0.249 e. The highest BCUT2D eigenvalue weighted by atomic mass is 32.2. The molecule has 0 saturated carbocycles. The molecule has 3 aromatic rings. The van der Waals surface area contributed by atoms with Gasteiger partial charge in [-0.2, -0.15) is 0 Å². The third kappa shape index (κ3) is 4.40. The number of aromatic nitrogens is 3. The first-order valence-electron chi connectivity index (χ1n) is 11.4. The molecule has 9 heteroatoms. The molecule has 178 valence electrons. The fourth-order valence-electron chi connectivity index (χ4n) is 4.34. The zero-order valence-corrected chi connectivity index (χ0v) is 20.7. The lowest BCUT2D eigenvalue weighted by Crippen LogP contribution is -2.54. The standard InChI is InChI=1S/C25H29N5O3S/c1-5-21-25(31)29(4)22-16-27-23(28-24(22)30(21)17(2)3)20-11-13-26-15-18(20)12-14-34(32,33)19-9-7-6-8-10-19/h6-11,13,15-17,21H,5,12,14H2,1-4H3/t21-/m1/s1. The Morgan fingerprint density at radius 1 is 1.09 bits per heavy atom. The number of hydrogen-bond acceptors (Lipinski definition) is 7. The second kappa shape index (κ2) is 9.50. The van der Waals surface area contributed by atoms with E-state index in [4.69, 9.17) is 4.98 Å². The van der Waals surface area contributed by atoms with E-state index in [2.05, 4.69) is 9.97 Å². The van der Waals surface area contributed by atoms with Crippen LogP contribution in [0.4, 0.5) is 11.5 Å². The number of sulfone groups is 1. The van der Waals surface area contributed by atoms with Crippen molar-refractivity contribution in [3.05, 3.63) is 60.6 Å². The molecule has 0 fully saturated rings. The van der Waals surface area contributed by atoms with Gasteiger partial charge in [0.15, 0.2) is 21.5 Å². The second-order valence-corrected chi connectivity index (χ2v) is 10.7. The van der Waals surface area contributed by atoms with E-state index in [1.54, 1.807) is 66.9 Å². The van der Waals surface area contributed by atoms with Crippen molar-refractivity contribution in [1.82, 2.24) is 15.0 Å². The van der Waals surface area contributed by atoms with Crippen LogP contribution in [0, 0.1) is 0 Å². The number of carbonyl (C=O) groups is 1. The minimum absolute atomic E-state index is 0.0239. The first-order chi connectivity index (χ1) is 16.2. The van der Waals surface area contributed by atoms with E-state index in [9.17, 15) is 13.2 Å². The Bertz CT molecular complexity index is 1290. The average molecular weight is 480 g/mol. The Hall–Kier alpha value is -3.33. The number of aryl methyl sites for hydroxylation is 1. The monoisotopic (exact) mass is 479 g/mol. The molecule has 1 atom stereocenters. The van der Waals surface area contributed by atoms with Gasteiger partial charge >= 0.3 is 0 Å². The SMILES string of the molecule is CC[C@@H]1C(=O)N(C)c2cnc(-c3ccncc3CCS(=O)(=O)c3ccccc3)nc2N1C(C)C. The number of carbonyl (C=O) groups excluding carboxylic acids is 1. The minimum Gasteiger partial charge on any atom is -0.340 e. The maximum atomic E-state index is 12.9. The van der Waals surface area contributed by atoms with Gasteiger partial charge in [0.05, 0.1) is 16.8 Å². The lowest BCUT2D eigenvalue weighted by Gasteiger charge is -2.42. The fourth-order valence-corrected chi connectivity index (χ4v) is 5.64. The molecule has 8 nitrogen and oxygen atoms in total. The summed E-state index contributed by atoms with van der Waals surface area (Å²) in [6.07, 6.45) is 5.94. The van der Waals surface area contributed by atoms with Crippen molar-refractivity contribution in [1.29, 1.82) is 0 Å². The Morgan fingerprint density at radius 3 is 2.50 bits per heavy atom. The summed E-state index contributed by atoms with van der Waals surface area (Å²) in [6, 6.07) is 10.0. The van der Waals surface area contributed by atoms with Gasteiger partial charge in [0.25, 0.3) is 0 Å². The molecular weight excluding hydrogens is 450 g/mol. The van der Waals surface area contributed by atoms with Crippen molar-refractivity contribution in [3.8, 4) is 11.4 Å². The van der Waals surface area contributed by atoms with Crippen molar-refractivity contribution in [2.45, 2.75) is 50.6 Å². The highest BCUT2D eigenvalue weighted by molar-refractivity contribution is 7.91. The molecule has 3 heterocycles. The number of hydrogen-bond donors (Lipinski definition) is 0. The van der Waals surface area contributed by atoms with Crippen LogP contribution in [0.25, 0.3) is 11.4 Å². The average Bonchev–Trinajstić information content (AvgIpc) is 2.85. The van der Waals surface area contributed by atoms with Crippen LogP contribution in [0.5, 0.6) is 0 Å². The normalized spacial score (nSPS) is 16.1. The summed E-state index contributed by atoms with van der Waals surface area (Å²) < 4.78 is 25.6. The van der Waals surface area contributed by atoms with Crippen LogP contribution in [0.2, 0.25) is 0 Å². The topological polar surface area (TPSA) is 96.4 Å². The fraction of sp³-hybridized carbons (Fsp3) is 0.360. The van der Waals surface area contributed by atoms with Gasteiger partial charge in [-0.1, -0.05) is 25.1 Å². The lowest BCUT2D eigenvalue weighted by molar-refractivity contribution is -0.120. The molecule has 1 aliphatic rings. The van der Waals surface area contributed by atoms with E-state index in [0.29, 0.717) is 28.6 Å². The zero-order valence-electron chi connectivity index (χ0n) is 19.8. The van der Waals surface area contributed by atoms with Crippen molar-refractivity contribution >= 4 is 27.2 Å². The van der Waals surface area contributed by atoms with Gasteiger partial charge in [0.2, 0.25) is 5.91 Å². The van der Waals surface area contributed by atoms with Gasteiger partial charge in [-0.3, -0.25) is 9.78 Å². The summed E-state index contributed by atoms with van der Waals surface area (Å²) in [5.74, 6) is 1.16. The maximum absolute atomic E-state index is 12.9. The minimum atomic E-state index is -3.44. The van der Waals surface area contributed by atoms with Crippen molar-refractivity contribution < 1.29 is 13.2 Å². The molecule has 1 aliphatic heterocycles. The highest BCUT2D eigenvalue weighted by Gasteiger charge is 2.38. The van der Waals surface area contributed by atoms with Gasteiger partial charge in [0, 0.05) is 31.0 Å². The molecular formula is C25H29N5O3S. The van der Waals surface area contributed by atoms with Crippen LogP contribution in [0.15, 0.2) is 59.9 Å². The molecule has 0 unspecified atom stereocenters. The summed E-state index contributed by atoms with van der Waals surface area (Å²) in [5.41, 5.74) is 2.15. The quantitative estimate of drug-likeness (QED) is 0.511. The van der Waals surface area contributed by atoms with Gasteiger partial charge in [0.1, 0.15) is 11.7 Å². The van der Waals surface area contributed by atoms with Crippen molar-refractivity contribution in [3.63, 3.8) is 0 Å². The number of pyridine rings is 1. The molecule has 1 aromatic carbocycles. The number of amides is 1. The van der Waals surface area contributed by atoms with Crippen LogP contribution in [-0.2, 0) is 21.1 Å². The second-order valence-electron chi connectivity index (χ2n) is 8.64. The van der Waals surface area contributed by atoms with Crippen LogP contribution in [-0.4, -0.2) is 54.2 Å². The number of anilines is 2. The zero-order chi connectivity index (χ0) is 24.5. The van der Waals surface area contributed by atoms with E-state index in [-0.39, 0.29) is 30.2 Å². The summed E-state index contributed by atoms with van der Waals surface area (Å²) >= 11 is 0. The van der Waals surface area contributed by atoms with Gasteiger partial charge in [-0.05, 0) is 50.5 Å². The number of fused-ring (bicyclic) bond motifs is 1. The molecule has 0 radical (unpaired) electrons. The van der Waals surface area contributed by atoms with Crippen molar-refractivity contribution in [2.24, 2.45) is 0 Å². The largest absolute Gasteiger partial charge is 0.340 e. The summed E-state index contributed by atoms with van der Waals surface area (Å²) in [7, 11) is -1.69. The van der Waals surface area contributed by atoms with Crippen molar-refractivity contribution in [2.75, 3.05) is 22.6 Å². The molecule has 34 heavy (non-hydrogen) atoms. The summed E-state index contributed by atoms with van der Waals surface area (Å²) in [5, 5.41) is 0. The number of likely N-dealkylation sites (N-methyl/N-ethyl adjacent to an activating group) is 1. The molecule has 0 N–H and O–H groups in total. The molecule has 0 spiro atoms. The Kier molecular flexibility index (Phi) is 6.65. The van der Waals surface area contributed by atoms with E-state index in [0.717, 1.165) is 11.1 Å². The first kappa shape index (κ1) is 23.8. The predicted molar refractivity (Wildman–Crippen MR) is 133 cm³/mol. The van der Waals surface area contributed by atoms with Crippen LogP contribution in [0.3, 0.4) is 0 Å². The molecule has 0 bridgehead atoms. The molecule has 0 aliphatic carbocycles. The molecule has 4 rings (SSSR count). The number of rotatable bonds is 7. The third-order valence-electron chi connectivity index (χ3n) is 6.14. The number of benzene rings is 1. The Morgan fingerprint density at radius 2 is 1.82 bits per heavy atom. The van der Waals surface area contributed by atoms with Gasteiger partial charge in [-0.25, -0.2) is 18.4 Å². The molecule has 0 saturated heterocycles. The lowest BCUT2D eigenvalue weighted by atomic mass is 10.0. The molecule has 2 aromatic heterocycles. The highest BCUT2D eigenvalue weighted by Crippen LogP contribution is 2.37. The number of nitrogens with zero attached hydrogens (tertiary/aromatic N) is 5. The Labute approximate surface area is 200 Å². The van der Waals surface area contributed by atoms with E-state index in [1.165, 1.54) is 0 Å². The van der Waals surface area contributed by atoms with Gasteiger partial charge in [-0.15, -0.1) is 0 Å². The first-order valence-corrected chi connectivity index (χ1v) is 13.0. The van der Waals surface area contributed by atoms with Crippen LogP contribution in [0.1, 0.15) is 32.8 Å². The summed E-state index contributed by atoms with van der Waals surface area (Å²) in [4.78, 5) is 30.5. The molecule has 1 amide bonds. The van der Waals surface area contributed by atoms with Crippen LogP contribution < -0.4 is 9.80 Å².